The third kappa shape index (κ3) is 3.05. The Morgan fingerprint density at radius 3 is 2.33 bits per heavy atom. The fraction of sp³-hybridized carbons (Fsp3) is 0.250. The van der Waals surface area contributed by atoms with Gasteiger partial charge in [0.1, 0.15) is 4.88 Å². The smallest absolute Gasteiger partial charge is 0.425 e. The summed E-state index contributed by atoms with van der Waals surface area (Å²) in [5, 5.41) is 8.24. The molecule has 1 rings (SSSR count). The van der Waals surface area contributed by atoms with Gasteiger partial charge in [-0.15, -0.1) is 11.3 Å². The molecule has 0 aliphatic heterocycles. The molecule has 7 heteroatoms. The first kappa shape index (κ1) is 11.7. The molecule has 15 heavy (non-hydrogen) atoms. The van der Waals surface area contributed by atoms with E-state index < -0.39 is 29.2 Å². The summed E-state index contributed by atoms with van der Waals surface area (Å²) in [6.45, 7) is 0. The van der Waals surface area contributed by atoms with Gasteiger partial charge in [0.2, 0.25) is 5.78 Å². The maximum absolute atomic E-state index is 12.1. The van der Waals surface area contributed by atoms with Gasteiger partial charge in [0, 0.05) is 4.88 Å². The third-order valence-electron chi connectivity index (χ3n) is 1.51. The summed E-state index contributed by atoms with van der Waals surface area (Å²) in [4.78, 5) is 20.1. The van der Waals surface area contributed by atoms with Crippen LogP contribution in [0.25, 0.3) is 0 Å². The Kier molecular flexibility index (Phi) is 3.13. The Labute approximate surface area is 86.1 Å². The number of aliphatic carboxylic acids is 1. The van der Waals surface area contributed by atoms with Gasteiger partial charge < -0.3 is 5.11 Å². The summed E-state index contributed by atoms with van der Waals surface area (Å²) < 4.78 is 36.3. The van der Waals surface area contributed by atoms with Crippen molar-refractivity contribution in [3.05, 3.63) is 21.9 Å². The van der Waals surface area contributed by atoms with Crippen molar-refractivity contribution < 1.29 is 27.9 Å². The number of carboxylic acids is 1. The number of thiophene rings is 1. The lowest BCUT2D eigenvalue weighted by Crippen LogP contribution is -2.14. The molecule has 1 aromatic rings. The fourth-order valence-electron chi connectivity index (χ4n) is 0.859. The van der Waals surface area contributed by atoms with Gasteiger partial charge in [-0.2, -0.15) is 13.2 Å². The van der Waals surface area contributed by atoms with E-state index in [-0.39, 0.29) is 4.88 Å². The minimum Gasteiger partial charge on any atom is -0.475 e. The molecule has 0 amide bonds. The second-order valence-electron chi connectivity index (χ2n) is 2.67. The van der Waals surface area contributed by atoms with E-state index in [1.165, 1.54) is 0 Å². The summed E-state index contributed by atoms with van der Waals surface area (Å²) in [7, 11) is 0. The molecule has 0 radical (unpaired) electrons. The van der Waals surface area contributed by atoms with Gasteiger partial charge >= 0.3 is 12.1 Å². The van der Waals surface area contributed by atoms with Crippen LogP contribution in [0.4, 0.5) is 13.2 Å². The van der Waals surface area contributed by atoms with Crippen LogP contribution >= 0.6 is 11.3 Å². The Bertz CT molecular complexity index is 394. The largest absolute Gasteiger partial charge is 0.475 e. The van der Waals surface area contributed by atoms with Crippen LogP contribution in [-0.4, -0.2) is 16.9 Å². The van der Waals surface area contributed by atoms with E-state index in [0.29, 0.717) is 11.3 Å². The number of hydrogen-bond acceptors (Lipinski definition) is 3. The van der Waals surface area contributed by atoms with E-state index in [4.69, 9.17) is 5.11 Å². The van der Waals surface area contributed by atoms with E-state index in [1.54, 1.807) is 0 Å². The minimum absolute atomic E-state index is 0.0923. The lowest BCUT2D eigenvalue weighted by atomic mass is 10.2. The van der Waals surface area contributed by atoms with E-state index in [9.17, 15) is 22.8 Å². The van der Waals surface area contributed by atoms with Gasteiger partial charge in [-0.3, -0.25) is 4.79 Å². The van der Waals surface area contributed by atoms with Crippen molar-refractivity contribution >= 4 is 23.1 Å². The molecule has 82 valence electrons. The van der Waals surface area contributed by atoms with Gasteiger partial charge in [0.25, 0.3) is 0 Å². The van der Waals surface area contributed by atoms with Crippen molar-refractivity contribution in [3.8, 4) is 0 Å². The maximum Gasteiger partial charge on any atom is 0.425 e. The molecule has 1 aromatic heterocycles. The van der Waals surface area contributed by atoms with Gasteiger partial charge in [-0.1, -0.05) is 0 Å². The van der Waals surface area contributed by atoms with Gasteiger partial charge in [-0.05, 0) is 12.1 Å². The predicted octanol–water partition coefficient (Wildman–Crippen LogP) is 1.96. The highest BCUT2D eigenvalue weighted by atomic mass is 32.1. The van der Waals surface area contributed by atoms with Crippen molar-refractivity contribution in [2.45, 2.75) is 12.6 Å². The molecule has 1 N–H and O–H groups in total. The van der Waals surface area contributed by atoms with E-state index in [0.717, 1.165) is 12.1 Å². The standard InChI is InChI=1S/C8H5F3O3S/c9-8(10,11)6-2-1-4(15-6)3-5(12)7(13)14/h1-2H,3H2,(H,13,14). The highest BCUT2D eigenvalue weighted by molar-refractivity contribution is 7.12. The zero-order valence-corrected chi connectivity index (χ0v) is 7.98. The molecular weight excluding hydrogens is 233 g/mol. The van der Waals surface area contributed by atoms with Crippen LogP contribution in [0.2, 0.25) is 0 Å². The normalized spacial score (nSPS) is 11.4. The molecular formula is C8H5F3O3S. The minimum atomic E-state index is -4.45. The van der Waals surface area contributed by atoms with Crippen molar-refractivity contribution in [1.29, 1.82) is 0 Å². The number of carboxylic acid groups (broad SMARTS) is 1. The fourth-order valence-corrected chi connectivity index (χ4v) is 1.73. The number of carbonyl (C=O) groups is 2. The molecule has 0 aromatic carbocycles. The van der Waals surface area contributed by atoms with Crippen molar-refractivity contribution in [2.24, 2.45) is 0 Å². The molecule has 1 heterocycles. The SMILES string of the molecule is O=C(O)C(=O)Cc1ccc(C(F)(F)F)s1. The lowest BCUT2D eigenvalue weighted by molar-refractivity contribution is -0.148. The first-order valence-electron chi connectivity index (χ1n) is 3.72. The van der Waals surface area contributed by atoms with Crippen LogP contribution < -0.4 is 0 Å². The molecule has 0 fully saturated rings. The average Bonchev–Trinajstić information content (AvgIpc) is 2.51. The summed E-state index contributed by atoms with van der Waals surface area (Å²) >= 11 is 0.376. The highest BCUT2D eigenvalue weighted by Gasteiger charge is 2.32. The number of halogens is 3. The zero-order valence-electron chi connectivity index (χ0n) is 7.17. The molecule has 0 saturated carbocycles. The molecule has 0 bridgehead atoms. The topological polar surface area (TPSA) is 54.4 Å². The third-order valence-corrected chi connectivity index (χ3v) is 2.64. The lowest BCUT2D eigenvalue weighted by Gasteiger charge is -2.00. The molecule has 0 unspecified atom stereocenters. The van der Waals surface area contributed by atoms with Crippen LogP contribution in [0, 0.1) is 0 Å². The Balaban J connectivity index is 2.78. The van der Waals surface area contributed by atoms with E-state index >= 15 is 0 Å². The molecule has 0 aliphatic rings. The van der Waals surface area contributed by atoms with Crippen LogP contribution in [-0.2, 0) is 22.2 Å². The zero-order chi connectivity index (χ0) is 11.6. The summed E-state index contributed by atoms with van der Waals surface area (Å²) in [6.07, 6.45) is -4.95. The first-order valence-corrected chi connectivity index (χ1v) is 4.54. The maximum atomic E-state index is 12.1. The highest BCUT2D eigenvalue weighted by Crippen LogP contribution is 2.34. The van der Waals surface area contributed by atoms with E-state index in [1.807, 2.05) is 0 Å². The van der Waals surface area contributed by atoms with Crippen LogP contribution in [0.3, 0.4) is 0 Å². The Morgan fingerprint density at radius 2 is 1.93 bits per heavy atom. The van der Waals surface area contributed by atoms with Gasteiger partial charge in [0.05, 0.1) is 6.42 Å². The second kappa shape index (κ2) is 4.01. The van der Waals surface area contributed by atoms with Crippen LogP contribution in [0.15, 0.2) is 12.1 Å². The molecule has 0 saturated heterocycles. The second-order valence-corrected chi connectivity index (χ2v) is 3.84. The number of ketones is 1. The van der Waals surface area contributed by atoms with Crippen molar-refractivity contribution in [1.82, 2.24) is 0 Å². The average molecular weight is 238 g/mol. The monoisotopic (exact) mass is 238 g/mol. The number of alkyl halides is 3. The van der Waals surface area contributed by atoms with Gasteiger partial charge in [0.15, 0.2) is 0 Å². The predicted molar refractivity (Wildman–Crippen MR) is 45.7 cm³/mol. The molecule has 0 spiro atoms. The van der Waals surface area contributed by atoms with Crippen LogP contribution in [0.1, 0.15) is 9.75 Å². The number of hydrogen-bond donors (Lipinski definition) is 1. The van der Waals surface area contributed by atoms with Crippen molar-refractivity contribution in [3.63, 3.8) is 0 Å². The molecule has 0 atom stereocenters. The molecule has 3 nitrogen and oxygen atoms in total. The first-order chi connectivity index (χ1) is 6.80. The molecule has 0 aliphatic carbocycles. The quantitative estimate of drug-likeness (QED) is 0.819. The number of carbonyl (C=O) groups excluding carboxylic acids is 1. The summed E-state index contributed by atoms with van der Waals surface area (Å²) in [5.41, 5.74) is 0. The van der Waals surface area contributed by atoms with Gasteiger partial charge in [-0.25, -0.2) is 4.79 Å². The number of rotatable bonds is 3. The Morgan fingerprint density at radius 1 is 1.33 bits per heavy atom. The Hall–Kier alpha value is -1.37. The van der Waals surface area contributed by atoms with Crippen molar-refractivity contribution in [2.75, 3.05) is 0 Å². The van der Waals surface area contributed by atoms with E-state index in [2.05, 4.69) is 0 Å². The van der Waals surface area contributed by atoms with Crippen LogP contribution in [0.5, 0.6) is 0 Å². The summed E-state index contributed by atoms with van der Waals surface area (Å²) in [6, 6.07) is 1.93. The number of Topliss-reactive ketones (excluding diaryl/α,β-unsaturated/α-hetero) is 1. The summed E-state index contributed by atoms with van der Waals surface area (Å²) in [5.74, 6) is -2.76.